The van der Waals surface area contributed by atoms with Crippen molar-refractivity contribution in [2.24, 2.45) is 0 Å². The fraction of sp³-hybridized carbons (Fsp3) is 0.0682. The van der Waals surface area contributed by atoms with Crippen LogP contribution < -0.4 is 0 Å². The molecule has 0 fully saturated rings. The molecule has 0 aliphatic heterocycles. The van der Waals surface area contributed by atoms with Gasteiger partial charge in [-0.1, -0.05) is 117 Å². The minimum absolute atomic E-state index is 0.134. The molecule has 0 N–H and O–H groups in total. The Morgan fingerprint density at radius 1 is 0.510 bits per heavy atom. The second-order valence-electron chi connectivity index (χ2n) is 13.7. The van der Waals surface area contributed by atoms with E-state index in [1.54, 1.807) is 0 Å². The number of nitrogens with zero attached hydrogens (tertiary/aromatic N) is 5. The highest BCUT2D eigenvalue weighted by atomic mass is 15.2. The molecular formula is C44H29N5. The number of hydrogen-bond acceptors (Lipinski definition) is 3. The lowest BCUT2D eigenvalue weighted by Gasteiger charge is -2.21. The van der Waals surface area contributed by atoms with E-state index >= 15 is 0 Å². The summed E-state index contributed by atoms with van der Waals surface area (Å²) in [6.07, 6.45) is 0. The van der Waals surface area contributed by atoms with E-state index in [9.17, 15) is 0 Å². The van der Waals surface area contributed by atoms with E-state index in [0.29, 0.717) is 5.95 Å². The van der Waals surface area contributed by atoms with Gasteiger partial charge in [-0.2, -0.15) is 0 Å². The summed E-state index contributed by atoms with van der Waals surface area (Å²) >= 11 is 0. The van der Waals surface area contributed by atoms with E-state index in [-0.39, 0.29) is 5.41 Å². The zero-order chi connectivity index (χ0) is 32.4. The summed E-state index contributed by atoms with van der Waals surface area (Å²) in [4.78, 5) is 16.3. The molecule has 4 aromatic heterocycles. The van der Waals surface area contributed by atoms with E-state index in [4.69, 9.17) is 15.0 Å². The Morgan fingerprint density at radius 2 is 1.20 bits per heavy atom. The highest BCUT2D eigenvalue weighted by molar-refractivity contribution is 6.17. The van der Waals surface area contributed by atoms with Crippen LogP contribution >= 0.6 is 0 Å². The van der Waals surface area contributed by atoms with Crippen molar-refractivity contribution in [1.82, 2.24) is 23.9 Å². The summed E-state index contributed by atoms with van der Waals surface area (Å²) in [7, 11) is 0. The van der Waals surface area contributed by atoms with Crippen molar-refractivity contribution in [1.29, 1.82) is 0 Å². The highest BCUT2D eigenvalue weighted by Crippen LogP contribution is 2.51. The number of hydrogen-bond donors (Lipinski definition) is 0. The molecule has 0 unspecified atom stereocenters. The lowest BCUT2D eigenvalue weighted by molar-refractivity contribution is 0.661. The Kier molecular flexibility index (Phi) is 5.12. The Bertz CT molecular complexity index is 3020. The van der Waals surface area contributed by atoms with Crippen LogP contribution in [0.4, 0.5) is 0 Å². The summed E-state index contributed by atoms with van der Waals surface area (Å²) in [6, 6.07) is 49.6. The maximum absolute atomic E-state index is 5.52. The molecule has 0 saturated heterocycles. The third kappa shape index (κ3) is 3.46. The summed E-state index contributed by atoms with van der Waals surface area (Å²) in [5.41, 5.74) is 14.1. The first-order chi connectivity index (χ1) is 24.1. The lowest BCUT2D eigenvalue weighted by Crippen LogP contribution is -2.15. The highest BCUT2D eigenvalue weighted by Gasteiger charge is 2.36. The average molecular weight is 628 g/mol. The number of rotatable bonds is 2. The monoisotopic (exact) mass is 627 g/mol. The second-order valence-corrected chi connectivity index (χ2v) is 13.7. The van der Waals surface area contributed by atoms with E-state index in [2.05, 4.69) is 156 Å². The first kappa shape index (κ1) is 26.7. The SMILES string of the molecule is CC1(C)c2ccccc2-c2cc3c4ccccc4n(-c4nc(-c5ccccc5)c5c(n4)c4ccccc4n4c6ccccc6nc54)c3cc21. The number of imidazole rings is 1. The van der Waals surface area contributed by atoms with Crippen molar-refractivity contribution in [3.8, 4) is 28.3 Å². The van der Waals surface area contributed by atoms with Crippen molar-refractivity contribution in [3.05, 3.63) is 151 Å². The molecule has 0 bridgehead atoms. The van der Waals surface area contributed by atoms with E-state index in [1.165, 1.54) is 33.0 Å². The van der Waals surface area contributed by atoms with Crippen molar-refractivity contribution < 1.29 is 0 Å². The maximum atomic E-state index is 5.52. The molecule has 5 nitrogen and oxygen atoms in total. The van der Waals surface area contributed by atoms with E-state index < -0.39 is 0 Å². The molecule has 11 rings (SSSR count). The Balaban J connectivity index is 1.32. The molecule has 0 amide bonds. The molecule has 1 aliphatic carbocycles. The summed E-state index contributed by atoms with van der Waals surface area (Å²) in [5.74, 6) is 0.649. The van der Waals surface area contributed by atoms with Gasteiger partial charge < -0.3 is 0 Å². The van der Waals surface area contributed by atoms with Gasteiger partial charge in [0.2, 0.25) is 5.95 Å². The Labute approximate surface area is 281 Å². The van der Waals surface area contributed by atoms with Gasteiger partial charge in [0.05, 0.1) is 44.2 Å². The summed E-state index contributed by atoms with van der Waals surface area (Å²) < 4.78 is 4.54. The van der Waals surface area contributed by atoms with Crippen LogP contribution in [-0.2, 0) is 5.41 Å². The fourth-order valence-corrected chi connectivity index (χ4v) is 8.45. The van der Waals surface area contributed by atoms with Crippen LogP contribution in [0.2, 0.25) is 0 Å². The van der Waals surface area contributed by atoms with Crippen LogP contribution in [0.3, 0.4) is 0 Å². The smallest absolute Gasteiger partial charge is 0.235 e. The lowest BCUT2D eigenvalue weighted by atomic mass is 9.82. The van der Waals surface area contributed by atoms with Gasteiger partial charge >= 0.3 is 0 Å². The molecule has 6 aromatic carbocycles. The van der Waals surface area contributed by atoms with Gasteiger partial charge in [-0.15, -0.1) is 0 Å². The Hall–Kier alpha value is -6.33. The van der Waals surface area contributed by atoms with Crippen LogP contribution in [0.1, 0.15) is 25.0 Å². The largest absolute Gasteiger partial charge is 0.292 e. The van der Waals surface area contributed by atoms with Gasteiger partial charge in [0.15, 0.2) is 0 Å². The van der Waals surface area contributed by atoms with Crippen molar-refractivity contribution in [3.63, 3.8) is 0 Å². The normalized spacial score (nSPS) is 13.7. The van der Waals surface area contributed by atoms with Gasteiger partial charge in [-0.25, -0.2) is 15.0 Å². The van der Waals surface area contributed by atoms with Crippen LogP contribution in [0, 0.1) is 0 Å². The quantitative estimate of drug-likeness (QED) is 0.179. The maximum Gasteiger partial charge on any atom is 0.235 e. The van der Waals surface area contributed by atoms with Crippen LogP contribution in [0.5, 0.6) is 0 Å². The predicted molar refractivity (Wildman–Crippen MR) is 201 cm³/mol. The van der Waals surface area contributed by atoms with Crippen molar-refractivity contribution in [2.45, 2.75) is 19.3 Å². The third-order valence-corrected chi connectivity index (χ3v) is 10.7. The van der Waals surface area contributed by atoms with Crippen LogP contribution in [0.15, 0.2) is 140 Å². The van der Waals surface area contributed by atoms with Gasteiger partial charge in [0.1, 0.15) is 5.65 Å². The van der Waals surface area contributed by atoms with Gasteiger partial charge in [-0.05, 0) is 58.7 Å². The number of para-hydroxylation sites is 4. The van der Waals surface area contributed by atoms with E-state index in [0.717, 1.165) is 60.8 Å². The molecular weight excluding hydrogens is 599 g/mol. The molecule has 1 aliphatic rings. The molecule has 10 aromatic rings. The fourth-order valence-electron chi connectivity index (χ4n) is 8.45. The van der Waals surface area contributed by atoms with Crippen LogP contribution in [0.25, 0.3) is 88.6 Å². The van der Waals surface area contributed by atoms with Gasteiger partial charge in [-0.3, -0.25) is 8.97 Å². The third-order valence-electron chi connectivity index (χ3n) is 10.7. The summed E-state index contributed by atoms with van der Waals surface area (Å²) in [5, 5.41) is 4.40. The molecule has 0 spiro atoms. The van der Waals surface area contributed by atoms with Crippen LogP contribution in [-0.4, -0.2) is 23.9 Å². The molecule has 230 valence electrons. The number of pyridine rings is 1. The number of aromatic nitrogens is 5. The minimum Gasteiger partial charge on any atom is -0.292 e. The van der Waals surface area contributed by atoms with Crippen molar-refractivity contribution in [2.75, 3.05) is 0 Å². The van der Waals surface area contributed by atoms with Gasteiger partial charge in [0.25, 0.3) is 0 Å². The summed E-state index contributed by atoms with van der Waals surface area (Å²) in [6.45, 7) is 4.67. The molecule has 49 heavy (non-hydrogen) atoms. The standard InChI is InChI=1S/C44H29N5/c1-44(2)32-19-9-6-16-27(32)30-24-31-28-17-7-11-21-35(28)49(38(31)25-33(30)44)43-46-40(26-14-4-3-5-15-26)39-41(47-43)29-18-8-12-22-36(29)48-37-23-13-10-20-34(37)45-42(39)48/h3-25H,1-2H3. The Morgan fingerprint density at radius 3 is 2.06 bits per heavy atom. The van der Waals surface area contributed by atoms with Crippen molar-refractivity contribution >= 4 is 60.3 Å². The zero-order valence-corrected chi connectivity index (χ0v) is 27.0. The molecule has 0 saturated carbocycles. The molecule has 5 heteroatoms. The first-order valence-electron chi connectivity index (χ1n) is 16.8. The molecule has 0 atom stereocenters. The minimum atomic E-state index is -0.134. The first-order valence-corrected chi connectivity index (χ1v) is 16.8. The zero-order valence-electron chi connectivity index (χ0n) is 27.0. The average Bonchev–Trinajstić information content (AvgIpc) is 3.77. The molecule has 0 radical (unpaired) electrons. The number of benzene rings is 6. The predicted octanol–water partition coefficient (Wildman–Crippen LogP) is 10.7. The van der Waals surface area contributed by atoms with Gasteiger partial charge in [0, 0.05) is 27.1 Å². The molecule has 4 heterocycles. The second kappa shape index (κ2) is 9.39. The topological polar surface area (TPSA) is 48.0 Å². The van der Waals surface area contributed by atoms with E-state index in [1.807, 2.05) is 6.07 Å². The number of fused-ring (bicyclic) bond motifs is 14.